The molecule has 2 N–H and O–H groups in total. The molecule has 1 amide bonds. The summed E-state index contributed by atoms with van der Waals surface area (Å²) in [4.78, 5) is 28.4. The first-order chi connectivity index (χ1) is 9.65. The Morgan fingerprint density at radius 3 is 2.71 bits per heavy atom. The first-order valence-electron chi connectivity index (χ1n) is 7.04. The molecule has 0 aliphatic carbocycles. The quantitative estimate of drug-likeness (QED) is 0.906. The third-order valence-corrected chi connectivity index (χ3v) is 3.11. The fourth-order valence-corrected chi connectivity index (χ4v) is 2.20. The van der Waals surface area contributed by atoms with Crippen LogP contribution in [0.15, 0.2) is 16.9 Å². The number of aromatic nitrogens is 3. The summed E-state index contributed by atoms with van der Waals surface area (Å²) in [5, 5.41) is 5.81. The van der Waals surface area contributed by atoms with Crippen LogP contribution < -0.4 is 10.9 Å². The average Bonchev–Trinajstić information content (AvgIpc) is 2.67. The van der Waals surface area contributed by atoms with Crippen molar-refractivity contribution in [3.05, 3.63) is 33.9 Å². The third-order valence-electron chi connectivity index (χ3n) is 3.11. The first-order valence-corrected chi connectivity index (χ1v) is 7.04. The number of aromatic amines is 1. The van der Waals surface area contributed by atoms with Crippen molar-refractivity contribution in [2.24, 2.45) is 5.41 Å². The van der Waals surface area contributed by atoms with Gasteiger partial charge in [0.25, 0.3) is 5.56 Å². The fourth-order valence-electron chi connectivity index (χ4n) is 2.20. The number of hydrogen-bond acceptors (Lipinski definition) is 3. The number of aryl methyl sites for hydroxylation is 1. The lowest BCUT2D eigenvalue weighted by atomic mass is 9.92. The lowest BCUT2D eigenvalue weighted by Gasteiger charge is -2.19. The zero-order valence-corrected chi connectivity index (χ0v) is 13.2. The molecule has 0 radical (unpaired) electrons. The van der Waals surface area contributed by atoms with Gasteiger partial charge in [-0.05, 0) is 19.3 Å². The largest absolute Gasteiger partial charge is 0.348 e. The number of rotatable bonds is 3. The second kappa shape index (κ2) is 5.35. The van der Waals surface area contributed by atoms with Gasteiger partial charge in [-0.3, -0.25) is 14.7 Å². The average molecular weight is 290 g/mol. The van der Waals surface area contributed by atoms with E-state index in [-0.39, 0.29) is 22.9 Å². The Labute approximate surface area is 123 Å². The van der Waals surface area contributed by atoms with Gasteiger partial charge >= 0.3 is 0 Å². The molecule has 0 unspecified atom stereocenters. The van der Waals surface area contributed by atoms with Gasteiger partial charge in [0, 0.05) is 24.2 Å². The Hall–Kier alpha value is -2.11. The molecule has 2 aromatic heterocycles. The zero-order chi connectivity index (χ0) is 15.8. The van der Waals surface area contributed by atoms with Gasteiger partial charge in [0.15, 0.2) is 5.65 Å². The summed E-state index contributed by atoms with van der Waals surface area (Å²) in [6.07, 6.45) is 0.432. The van der Waals surface area contributed by atoms with Crippen LogP contribution >= 0.6 is 0 Å². The summed E-state index contributed by atoms with van der Waals surface area (Å²) in [6, 6.07) is 2.95. The number of fused-ring (bicyclic) bond motifs is 1. The van der Waals surface area contributed by atoms with Crippen molar-refractivity contribution in [1.29, 1.82) is 0 Å². The predicted molar refractivity (Wildman–Crippen MR) is 81.2 cm³/mol. The van der Waals surface area contributed by atoms with Gasteiger partial charge in [-0.2, -0.15) is 0 Å². The highest BCUT2D eigenvalue weighted by atomic mass is 16.1. The minimum absolute atomic E-state index is 0.0396. The predicted octanol–water partition coefficient (Wildman–Crippen LogP) is 1.94. The molecule has 0 aliphatic heterocycles. The molecule has 2 rings (SSSR count). The second-order valence-electron chi connectivity index (χ2n) is 6.68. The Balaban J connectivity index is 2.21. The maximum Gasteiger partial charge on any atom is 0.272 e. The molecule has 2 heterocycles. The normalized spacial score (nSPS) is 13.4. The number of amides is 1. The zero-order valence-electron chi connectivity index (χ0n) is 13.2. The van der Waals surface area contributed by atoms with Gasteiger partial charge in [0.1, 0.15) is 0 Å². The maximum absolute atomic E-state index is 12.0. The van der Waals surface area contributed by atoms with Crippen molar-refractivity contribution in [3.8, 4) is 0 Å². The van der Waals surface area contributed by atoms with E-state index in [4.69, 9.17) is 0 Å². The molecule has 0 saturated heterocycles. The molecule has 6 nitrogen and oxygen atoms in total. The van der Waals surface area contributed by atoms with Crippen LogP contribution in [0, 0.1) is 12.3 Å². The summed E-state index contributed by atoms with van der Waals surface area (Å²) in [5.41, 5.74) is 1.74. The van der Waals surface area contributed by atoms with Crippen LogP contribution in [0.2, 0.25) is 0 Å². The molecule has 0 aromatic carbocycles. The van der Waals surface area contributed by atoms with Crippen LogP contribution in [-0.2, 0) is 4.79 Å². The van der Waals surface area contributed by atoms with E-state index in [1.54, 1.807) is 6.07 Å². The minimum atomic E-state index is -0.298. The van der Waals surface area contributed by atoms with E-state index < -0.39 is 0 Å². The van der Waals surface area contributed by atoms with Crippen LogP contribution in [0.3, 0.4) is 0 Å². The summed E-state index contributed by atoms with van der Waals surface area (Å²) < 4.78 is 1.39. The van der Waals surface area contributed by atoms with Crippen LogP contribution in [0.4, 0.5) is 0 Å². The smallest absolute Gasteiger partial charge is 0.272 e. The highest BCUT2D eigenvalue weighted by Gasteiger charge is 2.19. The topological polar surface area (TPSA) is 79.3 Å². The molecule has 114 valence electrons. The Bertz CT molecular complexity index is 721. The third kappa shape index (κ3) is 3.71. The van der Waals surface area contributed by atoms with Crippen molar-refractivity contribution >= 4 is 11.6 Å². The van der Waals surface area contributed by atoms with Crippen LogP contribution in [-0.4, -0.2) is 20.5 Å². The SMILES string of the molecule is Cc1cc2nc([C@@H](C)NC(=O)CC(C)(C)C)cc(=O)n2[nH]1. The molecule has 0 saturated carbocycles. The molecular formula is C15H22N4O2. The van der Waals surface area contributed by atoms with Gasteiger partial charge in [-0.15, -0.1) is 0 Å². The van der Waals surface area contributed by atoms with E-state index in [1.165, 1.54) is 10.6 Å². The van der Waals surface area contributed by atoms with Crippen LogP contribution in [0.5, 0.6) is 0 Å². The Morgan fingerprint density at radius 1 is 1.43 bits per heavy atom. The first kappa shape index (κ1) is 15.3. The second-order valence-corrected chi connectivity index (χ2v) is 6.68. The number of hydrogen-bond donors (Lipinski definition) is 2. The summed E-state index contributed by atoms with van der Waals surface area (Å²) in [6.45, 7) is 9.73. The van der Waals surface area contributed by atoms with Gasteiger partial charge in [0.2, 0.25) is 5.91 Å². The number of H-pyrrole nitrogens is 1. The van der Waals surface area contributed by atoms with Gasteiger partial charge < -0.3 is 5.32 Å². The van der Waals surface area contributed by atoms with Crippen molar-refractivity contribution in [2.45, 2.75) is 47.1 Å². The highest BCUT2D eigenvalue weighted by molar-refractivity contribution is 5.77. The highest BCUT2D eigenvalue weighted by Crippen LogP contribution is 2.19. The summed E-state index contributed by atoms with van der Waals surface area (Å²) >= 11 is 0. The van der Waals surface area contributed by atoms with Crippen molar-refractivity contribution in [1.82, 2.24) is 19.9 Å². The summed E-state index contributed by atoms with van der Waals surface area (Å²) in [7, 11) is 0. The van der Waals surface area contributed by atoms with Crippen LogP contribution in [0.1, 0.15) is 51.5 Å². The monoisotopic (exact) mass is 290 g/mol. The number of nitrogens with zero attached hydrogens (tertiary/aromatic N) is 2. The molecule has 0 fully saturated rings. The van der Waals surface area contributed by atoms with Crippen molar-refractivity contribution in [3.63, 3.8) is 0 Å². The van der Waals surface area contributed by atoms with Gasteiger partial charge in [-0.1, -0.05) is 20.8 Å². The van der Waals surface area contributed by atoms with E-state index >= 15 is 0 Å². The molecule has 0 bridgehead atoms. The van der Waals surface area contributed by atoms with E-state index in [0.717, 1.165) is 5.69 Å². The lowest BCUT2D eigenvalue weighted by molar-refractivity contribution is -0.123. The molecular weight excluding hydrogens is 268 g/mol. The molecule has 21 heavy (non-hydrogen) atoms. The maximum atomic E-state index is 12.0. The van der Waals surface area contributed by atoms with E-state index in [2.05, 4.69) is 15.4 Å². The van der Waals surface area contributed by atoms with Crippen LogP contribution in [0.25, 0.3) is 5.65 Å². The minimum Gasteiger partial charge on any atom is -0.348 e. The van der Waals surface area contributed by atoms with E-state index in [0.29, 0.717) is 17.8 Å². The summed E-state index contributed by atoms with van der Waals surface area (Å²) in [5.74, 6) is -0.0396. The Morgan fingerprint density at radius 2 is 2.10 bits per heavy atom. The number of nitrogens with one attached hydrogen (secondary N) is 2. The molecule has 0 spiro atoms. The number of carbonyl (C=O) groups is 1. The number of carbonyl (C=O) groups excluding carboxylic acids is 1. The molecule has 1 atom stereocenters. The van der Waals surface area contributed by atoms with E-state index in [9.17, 15) is 9.59 Å². The van der Waals surface area contributed by atoms with Gasteiger partial charge in [0.05, 0.1) is 11.7 Å². The van der Waals surface area contributed by atoms with E-state index in [1.807, 2.05) is 34.6 Å². The lowest BCUT2D eigenvalue weighted by Crippen LogP contribution is -2.31. The Kier molecular flexibility index (Phi) is 3.89. The molecule has 2 aromatic rings. The standard InChI is InChI=1S/C15H22N4O2/c1-9-6-12-17-11(7-14(21)19(12)18-9)10(2)16-13(20)8-15(3,4)5/h6-7,10,18H,8H2,1-5H3,(H,16,20)/t10-/m1/s1. The van der Waals surface area contributed by atoms with Crippen molar-refractivity contribution in [2.75, 3.05) is 0 Å². The molecule has 6 heteroatoms. The fraction of sp³-hybridized carbons (Fsp3) is 0.533. The van der Waals surface area contributed by atoms with Gasteiger partial charge in [-0.25, -0.2) is 9.50 Å². The van der Waals surface area contributed by atoms with Crippen molar-refractivity contribution < 1.29 is 4.79 Å². The molecule has 0 aliphatic rings.